The highest BCUT2D eigenvalue weighted by Crippen LogP contribution is 2.27. The molecule has 2 N–H and O–H groups in total. The Hall–Kier alpha value is -1.13. The van der Waals surface area contributed by atoms with Gasteiger partial charge in [0.05, 0.1) is 21.5 Å². The Kier molecular flexibility index (Phi) is 5.16. The van der Waals surface area contributed by atoms with Gasteiger partial charge < -0.3 is 4.90 Å². The molecule has 10 heteroatoms. The summed E-state index contributed by atoms with van der Waals surface area (Å²) in [4.78, 5) is 11.9. The van der Waals surface area contributed by atoms with Crippen LogP contribution in [0.2, 0.25) is 0 Å². The lowest BCUT2D eigenvalue weighted by molar-refractivity contribution is 0.0619. The van der Waals surface area contributed by atoms with Crippen molar-refractivity contribution in [2.24, 2.45) is 5.14 Å². The summed E-state index contributed by atoms with van der Waals surface area (Å²) in [6.45, 7) is -0.869. The van der Waals surface area contributed by atoms with E-state index in [0.717, 1.165) is 13.1 Å². The highest BCUT2D eigenvalue weighted by atomic mass is 79.9. The van der Waals surface area contributed by atoms with Crippen LogP contribution < -0.4 is 5.14 Å². The number of benzene rings is 1. The summed E-state index contributed by atoms with van der Waals surface area (Å²) in [7, 11) is -3.18. The zero-order chi connectivity index (χ0) is 15.7. The van der Waals surface area contributed by atoms with Crippen LogP contribution in [-0.2, 0) is 10.0 Å². The number of carbonyl (C=O) groups excluding carboxylic acids is 1. The predicted molar refractivity (Wildman–Crippen MR) is 68.4 cm³/mol. The quantitative estimate of drug-likeness (QED) is 0.868. The third-order valence-electron chi connectivity index (χ3n) is 2.30. The number of halogens is 4. The van der Waals surface area contributed by atoms with E-state index in [1.165, 1.54) is 0 Å². The van der Waals surface area contributed by atoms with Crippen molar-refractivity contribution in [3.05, 3.63) is 28.0 Å². The second-order valence-electron chi connectivity index (χ2n) is 3.89. The molecular weight excluding hydrogens is 365 g/mol. The molecule has 0 unspecified atom stereocenters. The van der Waals surface area contributed by atoms with E-state index in [9.17, 15) is 26.4 Å². The van der Waals surface area contributed by atoms with Crippen LogP contribution in [0.3, 0.4) is 0 Å². The Balaban J connectivity index is 3.33. The van der Waals surface area contributed by atoms with Gasteiger partial charge in [-0.1, -0.05) is 0 Å². The monoisotopic (exact) mass is 374 g/mol. The summed E-state index contributed by atoms with van der Waals surface area (Å²) in [6, 6.07) is 1.37. The summed E-state index contributed by atoms with van der Waals surface area (Å²) in [5, 5.41) is 4.88. The van der Waals surface area contributed by atoms with Gasteiger partial charge in [-0.15, -0.1) is 0 Å². The highest BCUT2D eigenvalue weighted by Gasteiger charge is 2.24. The lowest BCUT2D eigenvalue weighted by atomic mass is 10.2. The molecule has 0 bridgehead atoms. The molecule has 0 fully saturated rings. The zero-order valence-electron chi connectivity index (χ0n) is 10.1. The molecule has 1 rings (SSSR count). The number of hydrogen-bond acceptors (Lipinski definition) is 3. The number of nitrogens with zero attached hydrogens (tertiary/aromatic N) is 1. The van der Waals surface area contributed by atoms with Gasteiger partial charge in [-0.05, 0) is 28.1 Å². The maximum Gasteiger partial charge on any atom is 0.255 e. The second kappa shape index (κ2) is 6.10. The lowest BCUT2D eigenvalue weighted by Crippen LogP contribution is -2.32. The summed E-state index contributed by atoms with van der Waals surface area (Å²) in [5.41, 5.74) is -0.405. The van der Waals surface area contributed by atoms with Crippen LogP contribution in [0.1, 0.15) is 10.4 Å². The van der Waals surface area contributed by atoms with Crippen LogP contribution in [0.25, 0.3) is 0 Å². The molecule has 112 valence electrons. The van der Waals surface area contributed by atoms with Crippen molar-refractivity contribution in [2.75, 3.05) is 13.6 Å². The fourth-order valence-electron chi connectivity index (χ4n) is 1.42. The van der Waals surface area contributed by atoms with Crippen LogP contribution in [0.15, 0.2) is 21.5 Å². The topological polar surface area (TPSA) is 80.5 Å². The van der Waals surface area contributed by atoms with Crippen LogP contribution >= 0.6 is 15.9 Å². The highest BCUT2D eigenvalue weighted by molar-refractivity contribution is 9.10. The third-order valence-corrected chi connectivity index (χ3v) is 4.35. The van der Waals surface area contributed by atoms with Crippen molar-refractivity contribution in [3.63, 3.8) is 0 Å². The number of primary sulfonamides is 1. The third kappa shape index (κ3) is 3.93. The zero-order valence-corrected chi connectivity index (χ0v) is 12.5. The summed E-state index contributed by atoms with van der Waals surface area (Å²) in [5.74, 6) is -1.98. The Bertz CT molecular complexity index is 637. The Morgan fingerprint density at radius 3 is 2.45 bits per heavy atom. The number of alkyl halides is 2. The Morgan fingerprint density at radius 2 is 2.00 bits per heavy atom. The van der Waals surface area contributed by atoms with E-state index in [0.29, 0.717) is 11.0 Å². The van der Waals surface area contributed by atoms with E-state index in [1.807, 2.05) is 0 Å². The van der Waals surface area contributed by atoms with Crippen LogP contribution in [0.5, 0.6) is 0 Å². The molecule has 20 heavy (non-hydrogen) atoms. The first-order chi connectivity index (χ1) is 9.04. The predicted octanol–water partition coefficient (Wildman–Crippen LogP) is 1.57. The average Bonchev–Trinajstić information content (AvgIpc) is 2.28. The maximum absolute atomic E-state index is 13.4. The number of sulfonamides is 1. The van der Waals surface area contributed by atoms with Gasteiger partial charge in [0.1, 0.15) is 5.82 Å². The molecule has 1 amide bonds. The summed E-state index contributed by atoms with van der Waals surface area (Å²) < 4.78 is 60.1. The first kappa shape index (κ1) is 16.9. The normalized spacial score (nSPS) is 11.8. The van der Waals surface area contributed by atoms with Crippen molar-refractivity contribution in [1.82, 2.24) is 4.90 Å². The van der Waals surface area contributed by atoms with Crippen LogP contribution in [0, 0.1) is 5.82 Å². The minimum atomic E-state index is -4.27. The molecule has 0 spiro atoms. The SMILES string of the molecule is CN(CC(F)F)C(=O)c1cc(F)cc(S(N)(=O)=O)c1Br. The number of hydrogen-bond donors (Lipinski definition) is 1. The molecule has 1 aromatic rings. The smallest absolute Gasteiger partial charge is 0.255 e. The van der Waals surface area contributed by atoms with Crippen LogP contribution in [-0.4, -0.2) is 39.2 Å². The van der Waals surface area contributed by atoms with Gasteiger partial charge in [0, 0.05) is 7.05 Å². The molecule has 1 aromatic carbocycles. The minimum absolute atomic E-state index is 0.271. The molecule has 0 saturated heterocycles. The molecular formula is C10H10BrF3N2O3S. The first-order valence-corrected chi connectivity index (χ1v) is 7.43. The van der Waals surface area contributed by atoms with Crippen molar-refractivity contribution in [2.45, 2.75) is 11.3 Å². The van der Waals surface area contributed by atoms with Gasteiger partial charge in [0.25, 0.3) is 12.3 Å². The van der Waals surface area contributed by atoms with Crippen molar-refractivity contribution in [3.8, 4) is 0 Å². The Labute approximate surface area is 121 Å². The number of carbonyl (C=O) groups is 1. The molecule has 0 radical (unpaired) electrons. The molecule has 0 heterocycles. The fourth-order valence-corrected chi connectivity index (χ4v) is 3.13. The van der Waals surface area contributed by atoms with Gasteiger partial charge in [0.2, 0.25) is 10.0 Å². The van der Waals surface area contributed by atoms with E-state index < -0.39 is 45.2 Å². The number of nitrogens with two attached hydrogens (primary N) is 1. The lowest BCUT2D eigenvalue weighted by Gasteiger charge is -2.18. The van der Waals surface area contributed by atoms with E-state index >= 15 is 0 Å². The van der Waals surface area contributed by atoms with Crippen molar-refractivity contribution >= 4 is 31.9 Å². The van der Waals surface area contributed by atoms with E-state index in [-0.39, 0.29) is 4.47 Å². The fraction of sp³-hybridized carbons (Fsp3) is 0.300. The van der Waals surface area contributed by atoms with Gasteiger partial charge in [-0.3, -0.25) is 4.79 Å². The molecule has 0 aliphatic heterocycles. The van der Waals surface area contributed by atoms with E-state index in [2.05, 4.69) is 15.9 Å². The molecule has 0 aliphatic rings. The second-order valence-corrected chi connectivity index (χ2v) is 6.21. The molecule has 0 atom stereocenters. The maximum atomic E-state index is 13.4. The Morgan fingerprint density at radius 1 is 1.45 bits per heavy atom. The van der Waals surface area contributed by atoms with Gasteiger partial charge in [-0.25, -0.2) is 26.7 Å². The molecule has 0 aliphatic carbocycles. The molecule has 5 nitrogen and oxygen atoms in total. The van der Waals surface area contributed by atoms with Crippen molar-refractivity contribution in [1.29, 1.82) is 0 Å². The van der Waals surface area contributed by atoms with Crippen molar-refractivity contribution < 1.29 is 26.4 Å². The largest absolute Gasteiger partial charge is 0.336 e. The van der Waals surface area contributed by atoms with Gasteiger partial charge >= 0.3 is 0 Å². The first-order valence-electron chi connectivity index (χ1n) is 5.09. The minimum Gasteiger partial charge on any atom is -0.336 e. The van der Waals surface area contributed by atoms with Gasteiger partial charge in [-0.2, -0.15) is 0 Å². The number of rotatable bonds is 4. The molecule has 0 aromatic heterocycles. The standard InChI is InChI=1S/C10H10BrF3N2O3S/c1-16(4-8(13)14)10(17)6-2-5(12)3-7(9(6)11)20(15,18)19/h2-3,8H,4H2,1H3,(H2,15,18,19). The summed E-state index contributed by atoms with van der Waals surface area (Å²) in [6.07, 6.45) is -2.77. The van der Waals surface area contributed by atoms with Gasteiger partial charge in [0.15, 0.2) is 0 Å². The van der Waals surface area contributed by atoms with Crippen LogP contribution in [0.4, 0.5) is 13.2 Å². The number of amides is 1. The van der Waals surface area contributed by atoms with E-state index in [4.69, 9.17) is 5.14 Å². The molecule has 0 saturated carbocycles. The summed E-state index contributed by atoms with van der Waals surface area (Å²) >= 11 is 2.83. The van der Waals surface area contributed by atoms with E-state index in [1.54, 1.807) is 0 Å². The average molecular weight is 375 g/mol.